The first-order valence-electron chi connectivity index (χ1n) is 23.1. The Hall–Kier alpha value is -3.96. The summed E-state index contributed by atoms with van der Waals surface area (Å²) in [5.74, 6) is 0.621. The number of benzene rings is 5. The number of halogens is 1. The van der Waals surface area contributed by atoms with Crippen molar-refractivity contribution in [3.63, 3.8) is 0 Å². The van der Waals surface area contributed by atoms with Crippen molar-refractivity contribution < 1.29 is 47.6 Å². The molecule has 12 atom stereocenters. The molecule has 0 aromatic heterocycles. The number of ether oxygens (including phenoxy) is 7. The van der Waals surface area contributed by atoms with E-state index in [1.165, 1.54) is 11.8 Å². The van der Waals surface area contributed by atoms with E-state index in [2.05, 4.69) is 28.1 Å². The zero-order valence-electron chi connectivity index (χ0n) is 38.4. The molecule has 0 bridgehead atoms. The number of rotatable bonds is 19. The van der Waals surface area contributed by atoms with E-state index in [0.29, 0.717) is 32.0 Å². The van der Waals surface area contributed by atoms with E-state index in [9.17, 15) is 14.4 Å². The third kappa shape index (κ3) is 13.1. The normalized spacial score (nSPS) is 27.6. The van der Waals surface area contributed by atoms with Gasteiger partial charge in [-0.3, -0.25) is 4.21 Å². The maximum atomic E-state index is 14.3. The van der Waals surface area contributed by atoms with Gasteiger partial charge in [0.2, 0.25) is 0 Å². The van der Waals surface area contributed by atoms with Crippen LogP contribution in [0, 0.1) is 0 Å². The molecule has 3 heterocycles. The van der Waals surface area contributed by atoms with Crippen LogP contribution >= 0.6 is 27.7 Å². The molecule has 0 amide bonds. The summed E-state index contributed by atoms with van der Waals surface area (Å²) >= 11 is 4.86. The highest BCUT2D eigenvalue weighted by Gasteiger charge is 2.53. The van der Waals surface area contributed by atoms with Crippen LogP contribution in [0.3, 0.4) is 0 Å². The Labute approximate surface area is 415 Å². The van der Waals surface area contributed by atoms with Crippen LogP contribution in [0.2, 0.25) is 0 Å². The first-order valence-corrected chi connectivity index (χ1v) is 26.7. The summed E-state index contributed by atoms with van der Waals surface area (Å²) in [6, 6.07) is 41.9. The zero-order valence-corrected chi connectivity index (χ0v) is 41.6. The van der Waals surface area contributed by atoms with Crippen LogP contribution in [-0.2, 0) is 59.0 Å². The van der Waals surface area contributed by atoms with E-state index in [0.717, 1.165) is 31.9 Å². The minimum Gasteiger partial charge on any atom is -0.485 e. The van der Waals surface area contributed by atoms with E-state index < -0.39 is 75.9 Å². The Morgan fingerprint density at radius 1 is 0.794 bits per heavy atom. The molecule has 3 aliphatic rings. The van der Waals surface area contributed by atoms with Crippen molar-refractivity contribution in [2.75, 3.05) is 25.7 Å². The van der Waals surface area contributed by atoms with Crippen molar-refractivity contribution in [1.82, 2.24) is 0 Å². The van der Waals surface area contributed by atoms with Crippen LogP contribution < -0.4 is 4.74 Å². The van der Waals surface area contributed by atoms with Gasteiger partial charge in [0, 0.05) is 27.9 Å². The van der Waals surface area contributed by atoms with Gasteiger partial charge in [-0.1, -0.05) is 156 Å². The molecule has 0 spiro atoms. The van der Waals surface area contributed by atoms with Gasteiger partial charge in [-0.15, -0.1) is 11.8 Å². The van der Waals surface area contributed by atoms with E-state index in [4.69, 9.17) is 33.2 Å². The molecule has 1 fully saturated rings. The summed E-state index contributed by atoms with van der Waals surface area (Å²) in [7, 11) is -1.63. The van der Waals surface area contributed by atoms with Crippen molar-refractivity contribution in [3.8, 4) is 5.75 Å². The van der Waals surface area contributed by atoms with Crippen molar-refractivity contribution in [2.24, 2.45) is 0 Å². The Bertz CT molecular complexity index is 2460. The fraction of sp³-hybridized carbons (Fsp3) is 0.382. The second-order valence-electron chi connectivity index (χ2n) is 17.3. The lowest BCUT2D eigenvalue weighted by Crippen LogP contribution is -2.63. The number of thioether (sulfide) groups is 1. The molecule has 8 rings (SSSR count). The monoisotopic (exact) mass is 1020 g/mol. The molecule has 10 nitrogen and oxygen atoms in total. The molecule has 0 saturated carbocycles. The minimum atomic E-state index is -1.63. The van der Waals surface area contributed by atoms with Crippen LogP contribution in [0.25, 0.3) is 10.8 Å². The quantitative estimate of drug-likeness (QED) is 0.0770. The number of fused-ring (bicyclic) bond motifs is 2. The molecular formula is C55H61BrO10S2. The fourth-order valence-corrected chi connectivity index (χ4v) is 11.6. The highest BCUT2D eigenvalue weighted by atomic mass is 79.9. The number of aliphatic hydroxyl groups is 2. The largest absolute Gasteiger partial charge is 0.485 e. The number of hydrogen-bond acceptors (Lipinski definition) is 11. The van der Waals surface area contributed by atoms with Crippen LogP contribution in [-0.4, -0.2) is 105 Å². The van der Waals surface area contributed by atoms with E-state index in [1.807, 2.05) is 146 Å². The highest BCUT2D eigenvalue weighted by molar-refractivity contribution is 9.10. The van der Waals surface area contributed by atoms with Gasteiger partial charge in [0.05, 0.1) is 57.5 Å². The second kappa shape index (κ2) is 24.7. The maximum absolute atomic E-state index is 14.3. The van der Waals surface area contributed by atoms with Gasteiger partial charge >= 0.3 is 0 Å². The van der Waals surface area contributed by atoms with Gasteiger partial charge in [0.25, 0.3) is 0 Å². The van der Waals surface area contributed by atoms with Gasteiger partial charge in [-0.2, -0.15) is 0 Å². The van der Waals surface area contributed by atoms with Crippen LogP contribution in [0.5, 0.6) is 5.75 Å². The highest BCUT2D eigenvalue weighted by Crippen LogP contribution is 2.42. The molecule has 1 saturated heterocycles. The van der Waals surface area contributed by atoms with Gasteiger partial charge in [0.1, 0.15) is 40.3 Å². The number of aliphatic hydroxyl groups excluding tert-OH is 2. The minimum absolute atomic E-state index is 0.119. The average Bonchev–Trinajstić information content (AvgIpc) is 3.60. The van der Waals surface area contributed by atoms with Gasteiger partial charge in [-0.25, -0.2) is 0 Å². The molecule has 3 aliphatic heterocycles. The van der Waals surface area contributed by atoms with Crippen molar-refractivity contribution in [3.05, 3.63) is 185 Å². The first-order chi connectivity index (χ1) is 33.2. The summed E-state index contributed by atoms with van der Waals surface area (Å²) in [5.41, 5.74) is 3.01. The summed E-state index contributed by atoms with van der Waals surface area (Å²) < 4.78 is 60.8. The molecule has 13 heteroatoms. The Kier molecular flexibility index (Phi) is 18.3. The molecule has 5 aromatic carbocycles. The SMILES string of the molecule is CSC(C[C@H]1O[C@H]2CC=CCO[C@@H]2[C@@H](OCc2ccc(Br)cc2)[C@@H]1Oc1ccc2ccccc2c1)(C(O)/C=C/[C@@H]1O[C@H](COCc2ccccc2)[C@@H](OCc2ccccc2)/C=C\C[C@H]1O)S(C)=O. The topological polar surface area (TPSA) is 122 Å². The van der Waals surface area contributed by atoms with E-state index in [-0.39, 0.29) is 26.1 Å². The molecule has 0 aliphatic carbocycles. The summed E-state index contributed by atoms with van der Waals surface area (Å²) in [6.45, 7) is 1.57. The van der Waals surface area contributed by atoms with Crippen LogP contribution in [0.4, 0.5) is 0 Å². The molecule has 68 heavy (non-hydrogen) atoms. The van der Waals surface area contributed by atoms with E-state index >= 15 is 0 Å². The lowest BCUT2D eigenvalue weighted by atomic mass is 9.89. The maximum Gasteiger partial charge on any atom is 0.153 e. The molecular weight excluding hydrogens is 965 g/mol. The molecule has 360 valence electrons. The van der Waals surface area contributed by atoms with Gasteiger partial charge in [-0.05, 0) is 70.8 Å². The number of hydrogen-bond donors (Lipinski definition) is 2. The lowest BCUT2D eigenvalue weighted by Gasteiger charge is -2.48. The predicted octanol–water partition coefficient (Wildman–Crippen LogP) is 9.67. The van der Waals surface area contributed by atoms with Crippen molar-refractivity contribution in [2.45, 2.75) is 104 Å². The molecule has 2 N–H and O–H groups in total. The molecule has 0 radical (unpaired) electrons. The van der Waals surface area contributed by atoms with Gasteiger partial charge in [0.15, 0.2) is 6.10 Å². The summed E-state index contributed by atoms with van der Waals surface area (Å²) in [5, 5.41) is 26.1. The Morgan fingerprint density at radius 2 is 1.49 bits per heavy atom. The third-order valence-corrected chi connectivity index (χ3v) is 16.9. The second-order valence-corrected chi connectivity index (χ2v) is 21.3. The van der Waals surface area contributed by atoms with Crippen LogP contribution in [0.15, 0.2) is 168 Å². The summed E-state index contributed by atoms with van der Waals surface area (Å²) in [6.07, 6.45) is 8.40. The molecule has 5 aromatic rings. The first kappa shape index (κ1) is 50.4. The lowest BCUT2D eigenvalue weighted by molar-refractivity contribution is -0.241. The Balaban J connectivity index is 1.07. The zero-order chi connectivity index (χ0) is 47.3. The molecule has 3 unspecified atom stereocenters. The predicted molar refractivity (Wildman–Crippen MR) is 273 cm³/mol. The fourth-order valence-electron chi connectivity index (χ4n) is 8.97. The summed E-state index contributed by atoms with van der Waals surface area (Å²) in [4.78, 5) is 0. The Morgan fingerprint density at radius 3 is 2.22 bits per heavy atom. The van der Waals surface area contributed by atoms with E-state index in [1.54, 1.807) is 18.4 Å². The van der Waals surface area contributed by atoms with Crippen molar-refractivity contribution >= 4 is 49.3 Å². The smallest absolute Gasteiger partial charge is 0.153 e. The van der Waals surface area contributed by atoms with Gasteiger partial charge < -0.3 is 43.4 Å². The standard InChI is InChI=1S/C55H61BrO10S2/c1-67-55(68(2)59,51(58)30-29-46-45(57)20-13-22-47(62-35-39-16-7-4-8-17-39)50(65-46)37-60-34-38-14-5-3-6-15-38)33-49-53(64-44-28-25-41-18-9-10-19-42(41)32-44)54(52-48(66-49)21-11-12-31-61-52)63-36-40-23-26-43(56)27-24-40/h3-19,22-30,32,45-54,57-58H,20-21,31,33-37H2,1-2H3/b22-13-,30-29+/t45-,46+,47+,48+,49-,50-,51?,52+,53-,54-,55?,68?/m1/s1. The average molecular weight is 1030 g/mol. The third-order valence-electron chi connectivity index (χ3n) is 12.7. The van der Waals surface area contributed by atoms with Crippen molar-refractivity contribution in [1.29, 1.82) is 0 Å². The van der Waals surface area contributed by atoms with Crippen LogP contribution in [0.1, 0.15) is 36.0 Å².